The van der Waals surface area contributed by atoms with E-state index in [2.05, 4.69) is 21.1 Å². The van der Waals surface area contributed by atoms with Gasteiger partial charge in [-0.1, -0.05) is 5.16 Å². The molecule has 0 spiro atoms. The molecule has 1 saturated heterocycles. The minimum absolute atomic E-state index is 0.122. The number of oxime groups is 1. The summed E-state index contributed by atoms with van der Waals surface area (Å²) in [6, 6.07) is 3.32. The molecule has 1 aromatic rings. The number of anilines is 1. The Morgan fingerprint density at radius 3 is 3.05 bits per heavy atom. The number of ether oxygens (including phenoxy) is 1. The van der Waals surface area contributed by atoms with E-state index in [0.717, 1.165) is 25.9 Å². The Bertz CT molecular complexity index is 537. The van der Waals surface area contributed by atoms with Crippen LogP contribution in [0.3, 0.4) is 0 Å². The van der Waals surface area contributed by atoms with Crippen molar-refractivity contribution in [3.8, 4) is 0 Å². The summed E-state index contributed by atoms with van der Waals surface area (Å²) >= 11 is 3.19. The lowest BCUT2D eigenvalue weighted by molar-refractivity contribution is 0.143. The third-order valence-electron chi connectivity index (χ3n) is 3.71. The standard InChI is InChI=1S/C14H19BrFN3O2/c1-21-8-9-3-2-6-19(7-9)11-5-4-10(14(17)18-20)12(15)13(11)16/h4-5,9,20H,2-3,6-8H2,1H3,(H2,17,18). The first-order valence-corrected chi connectivity index (χ1v) is 7.57. The molecule has 0 saturated carbocycles. The maximum Gasteiger partial charge on any atom is 0.171 e. The summed E-state index contributed by atoms with van der Waals surface area (Å²) in [6.45, 7) is 2.26. The number of hydrogen-bond donors (Lipinski definition) is 2. The van der Waals surface area contributed by atoms with Crippen LogP contribution in [0.25, 0.3) is 0 Å². The third kappa shape index (κ3) is 3.47. The van der Waals surface area contributed by atoms with Crippen LogP contribution in [0.5, 0.6) is 0 Å². The molecule has 0 amide bonds. The lowest BCUT2D eigenvalue weighted by Gasteiger charge is -2.34. The highest BCUT2D eigenvalue weighted by molar-refractivity contribution is 9.10. The number of halogens is 2. The van der Waals surface area contributed by atoms with E-state index in [9.17, 15) is 4.39 Å². The smallest absolute Gasteiger partial charge is 0.171 e. The van der Waals surface area contributed by atoms with Crippen molar-refractivity contribution >= 4 is 27.5 Å². The summed E-state index contributed by atoms with van der Waals surface area (Å²) in [5.74, 6) is -0.105. The average Bonchev–Trinajstić information content (AvgIpc) is 2.50. The summed E-state index contributed by atoms with van der Waals surface area (Å²) < 4.78 is 20.0. The second kappa shape index (κ2) is 7.09. The molecule has 7 heteroatoms. The number of piperidine rings is 1. The number of benzene rings is 1. The molecule has 0 aromatic heterocycles. The van der Waals surface area contributed by atoms with E-state index in [-0.39, 0.29) is 10.3 Å². The van der Waals surface area contributed by atoms with Gasteiger partial charge >= 0.3 is 0 Å². The largest absolute Gasteiger partial charge is 0.409 e. The zero-order valence-electron chi connectivity index (χ0n) is 11.9. The molecule has 1 heterocycles. The van der Waals surface area contributed by atoms with Crippen molar-refractivity contribution in [2.45, 2.75) is 12.8 Å². The number of hydrogen-bond acceptors (Lipinski definition) is 4. The number of nitrogens with zero attached hydrogens (tertiary/aromatic N) is 2. The second-order valence-electron chi connectivity index (χ2n) is 5.16. The molecule has 2 rings (SSSR count). The highest BCUT2D eigenvalue weighted by Crippen LogP contribution is 2.32. The van der Waals surface area contributed by atoms with Gasteiger partial charge in [0.25, 0.3) is 0 Å². The fraction of sp³-hybridized carbons (Fsp3) is 0.500. The van der Waals surface area contributed by atoms with Crippen molar-refractivity contribution in [1.29, 1.82) is 0 Å². The Balaban J connectivity index is 2.26. The third-order valence-corrected chi connectivity index (χ3v) is 4.48. The lowest BCUT2D eigenvalue weighted by Crippen LogP contribution is -2.37. The summed E-state index contributed by atoms with van der Waals surface area (Å²) in [6.07, 6.45) is 2.10. The van der Waals surface area contributed by atoms with Crippen LogP contribution in [0.2, 0.25) is 0 Å². The average molecular weight is 360 g/mol. The van der Waals surface area contributed by atoms with E-state index in [1.807, 2.05) is 4.90 Å². The maximum absolute atomic E-state index is 14.5. The monoisotopic (exact) mass is 359 g/mol. The van der Waals surface area contributed by atoms with E-state index in [0.29, 0.717) is 23.8 Å². The normalized spacial score (nSPS) is 19.9. The van der Waals surface area contributed by atoms with Gasteiger partial charge < -0.3 is 20.6 Å². The second-order valence-corrected chi connectivity index (χ2v) is 5.95. The van der Waals surface area contributed by atoms with Gasteiger partial charge in [-0.2, -0.15) is 0 Å². The fourth-order valence-electron chi connectivity index (χ4n) is 2.69. The molecule has 21 heavy (non-hydrogen) atoms. The van der Waals surface area contributed by atoms with Crippen molar-refractivity contribution < 1.29 is 14.3 Å². The van der Waals surface area contributed by atoms with Gasteiger partial charge in [0.15, 0.2) is 11.7 Å². The summed E-state index contributed by atoms with van der Waals surface area (Å²) in [7, 11) is 1.68. The molecule has 0 radical (unpaired) electrons. The van der Waals surface area contributed by atoms with Crippen LogP contribution < -0.4 is 10.6 Å². The Labute approximate surface area is 131 Å². The predicted molar refractivity (Wildman–Crippen MR) is 83.4 cm³/mol. The predicted octanol–water partition coefficient (Wildman–Crippen LogP) is 2.55. The van der Waals surface area contributed by atoms with Crippen LogP contribution in [0.4, 0.5) is 10.1 Å². The number of nitrogens with two attached hydrogens (primary N) is 1. The highest BCUT2D eigenvalue weighted by atomic mass is 79.9. The van der Waals surface area contributed by atoms with Crippen LogP contribution >= 0.6 is 15.9 Å². The van der Waals surface area contributed by atoms with Gasteiger partial charge in [-0.15, -0.1) is 0 Å². The quantitative estimate of drug-likeness (QED) is 0.375. The molecule has 3 N–H and O–H groups in total. The first-order valence-electron chi connectivity index (χ1n) is 6.78. The van der Waals surface area contributed by atoms with Crippen LogP contribution in [0.1, 0.15) is 18.4 Å². The number of rotatable bonds is 4. The SMILES string of the molecule is COCC1CCCN(c2ccc(/C(N)=N/O)c(Br)c2F)C1. The van der Waals surface area contributed by atoms with Crippen LogP contribution in [0.15, 0.2) is 21.8 Å². The molecule has 1 aliphatic heterocycles. The van der Waals surface area contributed by atoms with Gasteiger partial charge in [-0.3, -0.25) is 0 Å². The molecule has 1 fully saturated rings. The molecule has 1 aromatic carbocycles. The fourth-order valence-corrected chi connectivity index (χ4v) is 3.23. The maximum atomic E-state index is 14.5. The topological polar surface area (TPSA) is 71.1 Å². The minimum Gasteiger partial charge on any atom is -0.409 e. The van der Waals surface area contributed by atoms with Gasteiger partial charge in [0.05, 0.1) is 16.8 Å². The van der Waals surface area contributed by atoms with E-state index in [1.54, 1.807) is 19.2 Å². The molecule has 0 bridgehead atoms. The van der Waals surface area contributed by atoms with Gasteiger partial charge in [0.1, 0.15) is 0 Å². The van der Waals surface area contributed by atoms with E-state index >= 15 is 0 Å². The van der Waals surface area contributed by atoms with Crippen LogP contribution in [0, 0.1) is 11.7 Å². The van der Waals surface area contributed by atoms with E-state index in [4.69, 9.17) is 15.7 Å². The molecule has 1 aliphatic rings. The number of methoxy groups -OCH3 is 1. The first kappa shape index (κ1) is 16.0. The summed E-state index contributed by atoms with van der Waals surface area (Å²) in [4.78, 5) is 2.02. The van der Waals surface area contributed by atoms with Crippen molar-refractivity contribution in [3.63, 3.8) is 0 Å². The van der Waals surface area contributed by atoms with Crippen molar-refractivity contribution in [2.75, 3.05) is 31.7 Å². The molecular formula is C14H19BrFN3O2. The molecular weight excluding hydrogens is 341 g/mol. The summed E-state index contributed by atoms with van der Waals surface area (Å²) in [5.41, 5.74) is 6.39. The molecule has 116 valence electrons. The minimum atomic E-state index is -0.392. The Morgan fingerprint density at radius 2 is 2.38 bits per heavy atom. The van der Waals surface area contributed by atoms with Crippen LogP contribution in [-0.4, -0.2) is 37.8 Å². The van der Waals surface area contributed by atoms with E-state index in [1.165, 1.54) is 0 Å². The van der Waals surface area contributed by atoms with Crippen LogP contribution in [-0.2, 0) is 4.74 Å². The highest BCUT2D eigenvalue weighted by Gasteiger charge is 2.24. The van der Waals surface area contributed by atoms with Crippen molar-refractivity contribution in [3.05, 3.63) is 28.0 Å². The Hall–Kier alpha value is -1.34. The van der Waals surface area contributed by atoms with Gasteiger partial charge in [-0.05, 0) is 46.8 Å². The zero-order chi connectivity index (χ0) is 15.4. The summed E-state index contributed by atoms with van der Waals surface area (Å²) in [5, 5.41) is 11.6. The number of amidine groups is 1. The molecule has 1 unspecified atom stereocenters. The van der Waals surface area contributed by atoms with Gasteiger partial charge in [-0.25, -0.2) is 4.39 Å². The Kier molecular flexibility index (Phi) is 5.41. The van der Waals surface area contributed by atoms with Gasteiger partial charge in [0.2, 0.25) is 0 Å². The Morgan fingerprint density at radius 1 is 1.62 bits per heavy atom. The van der Waals surface area contributed by atoms with Gasteiger partial charge in [0, 0.05) is 25.8 Å². The lowest BCUT2D eigenvalue weighted by atomic mass is 9.98. The zero-order valence-corrected chi connectivity index (χ0v) is 13.4. The first-order chi connectivity index (χ1) is 10.1. The molecule has 5 nitrogen and oxygen atoms in total. The van der Waals surface area contributed by atoms with E-state index < -0.39 is 5.82 Å². The van der Waals surface area contributed by atoms with Crippen molar-refractivity contribution in [2.24, 2.45) is 16.8 Å². The van der Waals surface area contributed by atoms with Crippen molar-refractivity contribution in [1.82, 2.24) is 0 Å². The molecule has 1 atom stereocenters. The molecule has 0 aliphatic carbocycles.